The molecule has 0 aliphatic carbocycles. The normalized spacial score (nSPS) is 10.7. The van der Waals surface area contributed by atoms with Crippen LogP contribution in [0.25, 0.3) is 11.3 Å². The molecule has 0 fully saturated rings. The fourth-order valence-corrected chi connectivity index (χ4v) is 2.64. The second kappa shape index (κ2) is 5.06. The molecule has 2 aromatic rings. The van der Waals surface area contributed by atoms with Gasteiger partial charge in [-0.2, -0.15) is 0 Å². The van der Waals surface area contributed by atoms with Crippen LogP contribution in [-0.2, 0) is 6.42 Å². The van der Waals surface area contributed by atoms with E-state index in [1.165, 1.54) is 10.4 Å². The van der Waals surface area contributed by atoms with Crippen molar-refractivity contribution in [3.05, 3.63) is 32.8 Å². The van der Waals surface area contributed by atoms with Crippen molar-refractivity contribution in [2.24, 2.45) is 0 Å². The van der Waals surface area contributed by atoms with Crippen LogP contribution in [0.2, 0.25) is 0 Å². The average molecular weight is 297 g/mol. The first-order chi connectivity index (χ1) is 7.69. The van der Waals surface area contributed by atoms with E-state index in [4.69, 9.17) is 0 Å². The second-order valence-corrected chi connectivity index (χ2v) is 5.62. The van der Waals surface area contributed by atoms with Crippen molar-refractivity contribution in [2.75, 3.05) is 0 Å². The molecule has 4 heteroatoms. The lowest BCUT2D eigenvalue weighted by Crippen LogP contribution is -1.96. The molecule has 0 aromatic carbocycles. The number of halogens is 1. The van der Waals surface area contributed by atoms with Crippen LogP contribution in [0.1, 0.15) is 24.0 Å². The Balaban J connectivity index is 2.40. The van der Waals surface area contributed by atoms with E-state index >= 15 is 0 Å². The lowest BCUT2D eigenvalue weighted by Gasteiger charge is -2.02. The van der Waals surface area contributed by atoms with Gasteiger partial charge in [0.05, 0.1) is 5.69 Å². The standard InChI is InChI=1S/C12H13BrN2S/c1-3-4-12-14-10(6-11(13)15-12)9-5-8(2)16-7-9/h5-7H,3-4H2,1-2H3. The number of aryl methyl sites for hydroxylation is 2. The third-order valence-electron chi connectivity index (χ3n) is 2.24. The lowest BCUT2D eigenvalue weighted by atomic mass is 10.2. The van der Waals surface area contributed by atoms with Gasteiger partial charge in [0, 0.05) is 22.2 Å². The Morgan fingerprint density at radius 1 is 1.31 bits per heavy atom. The highest BCUT2D eigenvalue weighted by molar-refractivity contribution is 9.10. The monoisotopic (exact) mass is 296 g/mol. The minimum absolute atomic E-state index is 0.866. The predicted molar refractivity (Wildman–Crippen MR) is 71.8 cm³/mol. The van der Waals surface area contributed by atoms with E-state index in [-0.39, 0.29) is 0 Å². The molecule has 0 atom stereocenters. The quantitative estimate of drug-likeness (QED) is 0.792. The molecule has 0 aliphatic rings. The van der Waals surface area contributed by atoms with Crippen molar-refractivity contribution in [3.8, 4) is 11.3 Å². The van der Waals surface area contributed by atoms with E-state index in [1.54, 1.807) is 11.3 Å². The van der Waals surface area contributed by atoms with Gasteiger partial charge in [0.25, 0.3) is 0 Å². The van der Waals surface area contributed by atoms with Crippen molar-refractivity contribution in [3.63, 3.8) is 0 Å². The molecular weight excluding hydrogens is 284 g/mol. The first-order valence-corrected chi connectivity index (χ1v) is 6.95. The first-order valence-electron chi connectivity index (χ1n) is 5.28. The Hall–Kier alpha value is -0.740. The molecule has 0 spiro atoms. The van der Waals surface area contributed by atoms with E-state index in [9.17, 15) is 0 Å². The van der Waals surface area contributed by atoms with Gasteiger partial charge in [-0.3, -0.25) is 0 Å². The maximum Gasteiger partial charge on any atom is 0.130 e. The molecule has 0 saturated heterocycles. The summed E-state index contributed by atoms with van der Waals surface area (Å²) in [7, 11) is 0. The van der Waals surface area contributed by atoms with Gasteiger partial charge in [-0.05, 0) is 41.4 Å². The van der Waals surface area contributed by atoms with Crippen LogP contribution in [0.3, 0.4) is 0 Å². The molecule has 0 aliphatic heterocycles. The molecule has 0 bridgehead atoms. The maximum atomic E-state index is 4.57. The zero-order valence-electron chi connectivity index (χ0n) is 9.33. The Morgan fingerprint density at radius 2 is 2.12 bits per heavy atom. The van der Waals surface area contributed by atoms with Gasteiger partial charge in [-0.1, -0.05) is 6.92 Å². The SMILES string of the molecule is CCCc1nc(Br)cc(-c2csc(C)c2)n1. The third kappa shape index (κ3) is 2.68. The number of nitrogens with zero attached hydrogens (tertiary/aromatic N) is 2. The molecule has 84 valence electrons. The fraction of sp³-hybridized carbons (Fsp3) is 0.333. The summed E-state index contributed by atoms with van der Waals surface area (Å²) in [5, 5.41) is 2.14. The molecule has 0 N–H and O–H groups in total. The van der Waals surface area contributed by atoms with Crippen LogP contribution in [0.5, 0.6) is 0 Å². The lowest BCUT2D eigenvalue weighted by molar-refractivity contribution is 0.831. The van der Waals surface area contributed by atoms with Crippen molar-refractivity contribution in [2.45, 2.75) is 26.7 Å². The van der Waals surface area contributed by atoms with Crippen molar-refractivity contribution in [1.82, 2.24) is 9.97 Å². The van der Waals surface area contributed by atoms with Gasteiger partial charge >= 0.3 is 0 Å². The summed E-state index contributed by atoms with van der Waals surface area (Å²) in [6.07, 6.45) is 1.99. The van der Waals surface area contributed by atoms with Crippen LogP contribution < -0.4 is 0 Å². The molecule has 0 saturated carbocycles. The number of aromatic nitrogens is 2. The summed E-state index contributed by atoms with van der Waals surface area (Å²) in [6, 6.07) is 4.13. The van der Waals surface area contributed by atoms with E-state index < -0.39 is 0 Å². The molecule has 2 heterocycles. The van der Waals surface area contributed by atoms with Crippen molar-refractivity contribution < 1.29 is 0 Å². The summed E-state index contributed by atoms with van der Waals surface area (Å²) < 4.78 is 0.866. The van der Waals surface area contributed by atoms with Crippen LogP contribution in [0.15, 0.2) is 22.1 Å². The summed E-state index contributed by atoms with van der Waals surface area (Å²) in [6.45, 7) is 4.25. The topological polar surface area (TPSA) is 25.8 Å². The first kappa shape index (κ1) is 11.7. The largest absolute Gasteiger partial charge is 0.233 e. The van der Waals surface area contributed by atoms with Gasteiger partial charge < -0.3 is 0 Å². The molecule has 2 rings (SSSR count). The van der Waals surface area contributed by atoms with Crippen LogP contribution >= 0.6 is 27.3 Å². The highest BCUT2D eigenvalue weighted by Crippen LogP contribution is 2.25. The summed E-state index contributed by atoms with van der Waals surface area (Å²) in [5.41, 5.74) is 2.19. The molecule has 2 nitrogen and oxygen atoms in total. The van der Waals surface area contributed by atoms with Crippen LogP contribution in [-0.4, -0.2) is 9.97 Å². The van der Waals surface area contributed by atoms with Gasteiger partial charge in [-0.15, -0.1) is 11.3 Å². The fourth-order valence-electron chi connectivity index (χ4n) is 1.53. The average Bonchev–Trinajstić information content (AvgIpc) is 2.64. The van der Waals surface area contributed by atoms with Gasteiger partial charge in [0.1, 0.15) is 10.4 Å². The minimum Gasteiger partial charge on any atom is -0.233 e. The zero-order valence-corrected chi connectivity index (χ0v) is 11.7. The Morgan fingerprint density at radius 3 is 2.75 bits per heavy atom. The predicted octanol–water partition coefficient (Wildman–Crippen LogP) is 4.23. The van der Waals surface area contributed by atoms with Gasteiger partial charge in [0.15, 0.2) is 0 Å². The molecule has 0 unspecified atom stereocenters. The molecular formula is C12H13BrN2S. The van der Waals surface area contributed by atoms with E-state index in [0.29, 0.717) is 0 Å². The van der Waals surface area contributed by atoms with Crippen LogP contribution in [0.4, 0.5) is 0 Å². The number of hydrogen-bond acceptors (Lipinski definition) is 3. The summed E-state index contributed by atoms with van der Waals surface area (Å²) >= 11 is 5.19. The molecule has 0 radical (unpaired) electrons. The summed E-state index contributed by atoms with van der Waals surface area (Å²) in [4.78, 5) is 10.2. The number of rotatable bonds is 3. The zero-order chi connectivity index (χ0) is 11.5. The van der Waals surface area contributed by atoms with E-state index in [2.05, 4.69) is 51.2 Å². The van der Waals surface area contributed by atoms with E-state index in [1.807, 2.05) is 6.07 Å². The van der Waals surface area contributed by atoms with E-state index in [0.717, 1.165) is 29.0 Å². The van der Waals surface area contributed by atoms with Gasteiger partial charge in [0.2, 0.25) is 0 Å². The Kier molecular flexibility index (Phi) is 3.71. The second-order valence-electron chi connectivity index (χ2n) is 3.69. The summed E-state index contributed by atoms with van der Waals surface area (Å²) in [5.74, 6) is 0.913. The maximum absolute atomic E-state index is 4.57. The molecule has 2 aromatic heterocycles. The van der Waals surface area contributed by atoms with Crippen molar-refractivity contribution >= 4 is 27.3 Å². The number of thiophene rings is 1. The molecule has 0 amide bonds. The third-order valence-corrected chi connectivity index (χ3v) is 3.51. The highest BCUT2D eigenvalue weighted by Gasteiger charge is 2.06. The van der Waals surface area contributed by atoms with Crippen molar-refractivity contribution in [1.29, 1.82) is 0 Å². The Labute approximate surface area is 108 Å². The highest BCUT2D eigenvalue weighted by atomic mass is 79.9. The van der Waals surface area contributed by atoms with Crippen LogP contribution in [0, 0.1) is 6.92 Å². The smallest absolute Gasteiger partial charge is 0.130 e. The number of hydrogen-bond donors (Lipinski definition) is 0. The minimum atomic E-state index is 0.866. The molecule has 16 heavy (non-hydrogen) atoms. The van der Waals surface area contributed by atoms with Gasteiger partial charge in [-0.25, -0.2) is 9.97 Å². The Bertz CT molecular complexity index is 494.